The van der Waals surface area contributed by atoms with E-state index in [9.17, 15) is 9.59 Å². The van der Waals surface area contributed by atoms with Crippen LogP contribution in [0.2, 0.25) is 0 Å². The molecule has 1 rings (SSSR count). The number of benzene rings is 1. The average molecular weight is 325 g/mol. The number of esters is 1. The first kappa shape index (κ1) is 15.6. The molecule has 0 fully saturated rings. The van der Waals surface area contributed by atoms with Crippen LogP contribution in [0, 0.1) is 0 Å². The maximum Gasteiger partial charge on any atom is 0.341 e. The van der Waals surface area contributed by atoms with Crippen LogP contribution in [0.3, 0.4) is 0 Å². The molecule has 102 valence electrons. The number of methoxy groups -OCH3 is 1. The first-order valence-electron chi connectivity index (χ1n) is 6.17. The molecule has 1 aromatic rings. The van der Waals surface area contributed by atoms with Crippen molar-refractivity contribution in [2.45, 2.75) is 26.2 Å². The summed E-state index contributed by atoms with van der Waals surface area (Å²) in [5.41, 5.74) is 0.909. The predicted octanol–water partition coefficient (Wildman–Crippen LogP) is 3.76. The maximum atomic E-state index is 12.0. The van der Waals surface area contributed by atoms with Gasteiger partial charge in [0.15, 0.2) is 5.78 Å². The summed E-state index contributed by atoms with van der Waals surface area (Å²) in [5, 5.41) is 0. The molecule has 0 amide bonds. The van der Waals surface area contributed by atoms with Crippen molar-refractivity contribution < 1.29 is 14.3 Å². The number of hydrogen-bond donors (Lipinski definition) is 0. The second-order valence-corrected chi connectivity index (χ2v) is 5.04. The summed E-state index contributed by atoms with van der Waals surface area (Å²) in [5.74, 6) is -0.749. The molecule has 0 bridgehead atoms. The van der Waals surface area contributed by atoms with E-state index in [2.05, 4.69) is 20.7 Å². The zero-order valence-corrected chi connectivity index (χ0v) is 12.7. The lowest BCUT2D eigenvalue weighted by Crippen LogP contribution is -2.14. The van der Waals surface area contributed by atoms with E-state index in [-0.39, 0.29) is 11.4 Å². The number of halogens is 1. The van der Waals surface area contributed by atoms with Gasteiger partial charge in [-0.15, -0.1) is 0 Å². The van der Waals surface area contributed by atoms with Gasteiger partial charge < -0.3 is 4.74 Å². The topological polar surface area (TPSA) is 43.4 Å². The number of ketones is 1. The van der Waals surface area contributed by atoms with Gasteiger partial charge in [0.05, 0.1) is 7.11 Å². The number of carbonyl (C=O) groups excluding carboxylic acids is 2. The summed E-state index contributed by atoms with van der Waals surface area (Å²) in [4.78, 5) is 23.7. The van der Waals surface area contributed by atoms with E-state index < -0.39 is 5.97 Å². The Morgan fingerprint density at radius 2 is 1.89 bits per heavy atom. The fourth-order valence-electron chi connectivity index (χ4n) is 1.56. The molecule has 0 N–H and O–H groups in total. The van der Waals surface area contributed by atoms with Gasteiger partial charge in [0.1, 0.15) is 5.57 Å². The molecular weight excluding hydrogens is 308 g/mol. The fourth-order valence-corrected chi connectivity index (χ4v) is 1.83. The molecule has 0 atom stereocenters. The van der Waals surface area contributed by atoms with E-state index in [1.807, 2.05) is 31.2 Å². The van der Waals surface area contributed by atoms with Crippen LogP contribution in [0.5, 0.6) is 0 Å². The van der Waals surface area contributed by atoms with Gasteiger partial charge >= 0.3 is 5.97 Å². The molecule has 0 radical (unpaired) electrons. The van der Waals surface area contributed by atoms with Gasteiger partial charge in [0.25, 0.3) is 0 Å². The SMILES string of the molecule is CCCCC(=O)/C(=C/c1ccc(Br)cc1)C(=O)OC. The third kappa shape index (κ3) is 4.99. The van der Waals surface area contributed by atoms with Gasteiger partial charge in [0, 0.05) is 10.9 Å². The molecule has 0 aliphatic carbocycles. The number of unbranched alkanes of at least 4 members (excludes halogenated alkanes) is 1. The summed E-state index contributed by atoms with van der Waals surface area (Å²) in [7, 11) is 1.28. The van der Waals surface area contributed by atoms with Gasteiger partial charge in [-0.3, -0.25) is 4.79 Å². The van der Waals surface area contributed by atoms with E-state index in [1.54, 1.807) is 6.08 Å². The minimum Gasteiger partial charge on any atom is -0.465 e. The van der Waals surface area contributed by atoms with E-state index in [0.29, 0.717) is 6.42 Å². The summed E-state index contributed by atoms with van der Waals surface area (Å²) in [6.07, 6.45) is 3.64. The van der Waals surface area contributed by atoms with Crippen LogP contribution in [0.4, 0.5) is 0 Å². The molecule has 3 nitrogen and oxygen atoms in total. The van der Waals surface area contributed by atoms with Gasteiger partial charge in [-0.2, -0.15) is 0 Å². The molecule has 0 spiro atoms. The zero-order chi connectivity index (χ0) is 14.3. The maximum absolute atomic E-state index is 12.0. The zero-order valence-electron chi connectivity index (χ0n) is 11.1. The number of hydrogen-bond acceptors (Lipinski definition) is 3. The highest BCUT2D eigenvalue weighted by molar-refractivity contribution is 9.10. The van der Waals surface area contributed by atoms with Crippen molar-refractivity contribution in [3.8, 4) is 0 Å². The van der Waals surface area contributed by atoms with Crippen LogP contribution in [0.1, 0.15) is 31.7 Å². The smallest absolute Gasteiger partial charge is 0.341 e. The van der Waals surface area contributed by atoms with Crippen LogP contribution < -0.4 is 0 Å². The van der Waals surface area contributed by atoms with Gasteiger partial charge in [-0.1, -0.05) is 41.4 Å². The standard InChI is InChI=1S/C15H17BrO3/c1-3-4-5-14(17)13(15(18)19-2)10-11-6-8-12(16)9-7-11/h6-10H,3-5H2,1-2H3/b13-10-. The number of carbonyl (C=O) groups is 2. The molecule has 4 heteroatoms. The quantitative estimate of drug-likeness (QED) is 0.346. The molecular formula is C15H17BrO3. The first-order chi connectivity index (χ1) is 9.08. The van der Waals surface area contributed by atoms with E-state index >= 15 is 0 Å². The number of Topliss-reactive ketones (excluding diaryl/α,β-unsaturated/α-hetero) is 1. The minimum atomic E-state index is -0.580. The van der Waals surface area contributed by atoms with Crippen molar-refractivity contribution in [3.63, 3.8) is 0 Å². The van der Waals surface area contributed by atoms with Crippen molar-refractivity contribution in [1.82, 2.24) is 0 Å². The Labute approximate surface area is 121 Å². The lowest BCUT2D eigenvalue weighted by atomic mass is 10.0. The van der Waals surface area contributed by atoms with E-state index in [4.69, 9.17) is 0 Å². The Hall–Kier alpha value is -1.42. The Kier molecular flexibility index (Phi) is 6.50. The normalized spacial score (nSPS) is 11.2. The molecule has 0 aromatic heterocycles. The molecule has 0 unspecified atom stereocenters. The van der Waals surface area contributed by atoms with E-state index in [1.165, 1.54) is 7.11 Å². The Morgan fingerprint density at radius 3 is 2.42 bits per heavy atom. The van der Waals surface area contributed by atoms with Crippen LogP contribution in [0.25, 0.3) is 6.08 Å². The van der Waals surface area contributed by atoms with E-state index in [0.717, 1.165) is 22.9 Å². The number of ether oxygens (including phenoxy) is 1. The first-order valence-corrected chi connectivity index (χ1v) is 6.96. The van der Waals surface area contributed by atoms with Crippen LogP contribution >= 0.6 is 15.9 Å². The van der Waals surface area contributed by atoms with Crippen LogP contribution in [-0.2, 0) is 14.3 Å². The fraction of sp³-hybridized carbons (Fsp3) is 0.333. The molecule has 0 saturated heterocycles. The van der Waals surface area contributed by atoms with Crippen molar-refractivity contribution in [1.29, 1.82) is 0 Å². The molecule has 0 aliphatic heterocycles. The van der Waals surface area contributed by atoms with Gasteiger partial charge in [-0.05, 0) is 30.2 Å². The Morgan fingerprint density at radius 1 is 1.26 bits per heavy atom. The number of rotatable bonds is 6. The molecule has 0 aliphatic rings. The van der Waals surface area contributed by atoms with Crippen molar-refractivity contribution in [2.24, 2.45) is 0 Å². The largest absolute Gasteiger partial charge is 0.465 e. The average Bonchev–Trinajstić information content (AvgIpc) is 2.43. The van der Waals surface area contributed by atoms with Gasteiger partial charge in [0.2, 0.25) is 0 Å². The lowest BCUT2D eigenvalue weighted by Gasteiger charge is -2.04. The monoisotopic (exact) mass is 324 g/mol. The second kappa shape index (κ2) is 7.89. The van der Waals surface area contributed by atoms with Crippen molar-refractivity contribution in [3.05, 3.63) is 39.9 Å². The summed E-state index contributed by atoms with van der Waals surface area (Å²) < 4.78 is 5.62. The predicted molar refractivity (Wildman–Crippen MR) is 78.7 cm³/mol. The van der Waals surface area contributed by atoms with Crippen LogP contribution in [-0.4, -0.2) is 18.9 Å². The highest BCUT2D eigenvalue weighted by Crippen LogP contribution is 2.15. The summed E-state index contributed by atoms with van der Waals surface area (Å²) >= 11 is 3.34. The summed E-state index contributed by atoms with van der Waals surface area (Å²) in [6.45, 7) is 2.00. The molecule has 1 aromatic carbocycles. The third-order valence-corrected chi connectivity index (χ3v) is 3.17. The molecule has 0 heterocycles. The Balaban J connectivity index is 2.99. The molecule has 19 heavy (non-hydrogen) atoms. The highest BCUT2D eigenvalue weighted by Gasteiger charge is 2.18. The van der Waals surface area contributed by atoms with Crippen LogP contribution in [0.15, 0.2) is 34.3 Å². The van der Waals surface area contributed by atoms with Crippen molar-refractivity contribution >= 4 is 33.8 Å². The van der Waals surface area contributed by atoms with Crippen molar-refractivity contribution in [2.75, 3.05) is 7.11 Å². The third-order valence-electron chi connectivity index (χ3n) is 2.64. The Bertz CT molecular complexity index is 475. The lowest BCUT2D eigenvalue weighted by molar-refractivity contribution is -0.137. The van der Waals surface area contributed by atoms with Gasteiger partial charge in [-0.25, -0.2) is 4.79 Å². The molecule has 0 saturated carbocycles. The highest BCUT2D eigenvalue weighted by atomic mass is 79.9. The second-order valence-electron chi connectivity index (χ2n) is 4.13. The summed E-state index contributed by atoms with van der Waals surface area (Å²) in [6, 6.07) is 7.38. The minimum absolute atomic E-state index is 0.110.